The molecule has 0 aromatic heterocycles. The monoisotopic (exact) mass is 241 g/mol. The fraction of sp³-hybridized carbons (Fsp3) is 0.455. The van der Waals surface area contributed by atoms with Crippen molar-refractivity contribution < 1.29 is 13.5 Å². The highest BCUT2D eigenvalue weighted by atomic mass is 32.2. The first kappa shape index (κ1) is 11.3. The van der Waals surface area contributed by atoms with E-state index in [1.54, 1.807) is 12.1 Å². The summed E-state index contributed by atoms with van der Waals surface area (Å²) < 4.78 is 22.6. The second-order valence-electron chi connectivity index (χ2n) is 4.36. The minimum atomic E-state index is -2.83. The summed E-state index contributed by atoms with van der Waals surface area (Å²) in [6.45, 7) is 0. The summed E-state index contributed by atoms with van der Waals surface area (Å²) in [5.41, 5.74) is 7.21. The number of nitrogen functional groups attached to an aromatic ring is 1. The molecular formula is C11H15NO3S. The van der Waals surface area contributed by atoms with Gasteiger partial charge in [-0.05, 0) is 30.4 Å². The van der Waals surface area contributed by atoms with E-state index < -0.39 is 9.84 Å². The maximum absolute atomic E-state index is 11.3. The molecule has 0 aliphatic carbocycles. The van der Waals surface area contributed by atoms with Crippen LogP contribution < -0.4 is 5.73 Å². The van der Waals surface area contributed by atoms with Crippen LogP contribution in [0.2, 0.25) is 0 Å². The lowest BCUT2D eigenvalue weighted by molar-refractivity contribution is 0.475. The Kier molecular flexibility index (Phi) is 2.80. The average Bonchev–Trinajstić information content (AvgIpc) is 2.51. The summed E-state index contributed by atoms with van der Waals surface area (Å²) in [4.78, 5) is 0. The number of phenolic OH excluding ortho intramolecular Hbond substituents is 1. The van der Waals surface area contributed by atoms with Crippen LogP contribution in [-0.2, 0) is 16.3 Å². The van der Waals surface area contributed by atoms with Crippen molar-refractivity contribution >= 4 is 15.5 Å². The number of sulfone groups is 1. The number of anilines is 1. The lowest BCUT2D eigenvalue weighted by Gasteiger charge is -2.10. The fourth-order valence-electron chi connectivity index (χ4n) is 2.11. The first-order valence-corrected chi connectivity index (χ1v) is 7.06. The molecule has 4 nitrogen and oxygen atoms in total. The first-order valence-electron chi connectivity index (χ1n) is 5.24. The van der Waals surface area contributed by atoms with Crippen LogP contribution >= 0.6 is 0 Å². The van der Waals surface area contributed by atoms with Crippen molar-refractivity contribution in [1.29, 1.82) is 0 Å². The van der Waals surface area contributed by atoms with Gasteiger partial charge in [0, 0.05) is 11.8 Å². The summed E-state index contributed by atoms with van der Waals surface area (Å²) in [7, 11) is -2.83. The second kappa shape index (κ2) is 3.97. The topological polar surface area (TPSA) is 80.4 Å². The molecule has 16 heavy (non-hydrogen) atoms. The summed E-state index contributed by atoms with van der Waals surface area (Å²) >= 11 is 0. The molecule has 1 aliphatic heterocycles. The van der Waals surface area contributed by atoms with Gasteiger partial charge in [0.25, 0.3) is 0 Å². The van der Waals surface area contributed by atoms with Gasteiger partial charge in [0.05, 0.1) is 11.5 Å². The molecule has 1 aromatic carbocycles. The van der Waals surface area contributed by atoms with E-state index in [9.17, 15) is 13.5 Å². The molecule has 3 N–H and O–H groups in total. The van der Waals surface area contributed by atoms with Crippen molar-refractivity contribution in [2.24, 2.45) is 5.92 Å². The lowest BCUT2D eigenvalue weighted by atomic mass is 9.98. The Morgan fingerprint density at radius 1 is 1.44 bits per heavy atom. The number of nitrogens with two attached hydrogens (primary N) is 1. The van der Waals surface area contributed by atoms with Gasteiger partial charge < -0.3 is 10.8 Å². The predicted octanol–water partition coefficient (Wildman–Crippen LogP) is 0.952. The Morgan fingerprint density at radius 2 is 2.19 bits per heavy atom. The van der Waals surface area contributed by atoms with Crippen LogP contribution in [0, 0.1) is 5.92 Å². The third kappa shape index (κ3) is 2.47. The zero-order valence-electron chi connectivity index (χ0n) is 8.89. The van der Waals surface area contributed by atoms with E-state index in [0.717, 1.165) is 5.56 Å². The van der Waals surface area contributed by atoms with E-state index in [-0.39, 0.29) is 23.2 Å². The van der Waals surface area contributed by atoms with Gasteiger partial charge in [0.15, 0.2) is 9.84 Å². The summed E-state index contributed by atoms with van der Waals surface area (Å²) in [6, 6.07) is 4.84. The van der Waals surface area contributed by atoms with Gasteiger partial charge in [0.2, 0.25) is 0 Å². The summed E-state index contributed by atoms with van der Waals surface area (Å²) in [5.74, 6) is 0.848. The highest BCUT2D eigenvalue weighted by Gasteiger charge is 2.28. The Balaban J connectivity index is 2.11. The van der Waals surface area contributed by atoms with E-state index in [4.69, 9.17) is 5.73 Å². The van der Waals surface area contributed by atoms with Crippen LogP contribution in [0.5, 0.6) is 5.75 Å². The number of hydrogen-bond acceptors (Lipinski definition) is 4. The molecule has 0 radical (unpaired) electrons. The Labute approximate surface area is 95.0 Å². The Hall–Kier alpha value is -1.23. The van der Waals surface area contributed by atoms with Gasteiger partial charge in [-0.25, -0.2) is 8.42 Å². The maximum Gasteiger partial charge on any atom is 0.150 e. The lowest BCUT2D eigenvalue weighted by Crippen LogP contribution is -2.08. The molecule has 0 amide bonds. The summed E-state index contributed by atoms with van der Waals surface area (Å²) in [5, 5.41) is 9.21. The molecule has 1 heterocycles. The zero-order valence-corrected chi connectivity index (χ0v) is 9.70. The van der Waals surface area contributed by atoms with E-state index >= 15 is 0 Å². The number of benzene rings is 1. The molecule has 1 fully saturated rings. The molecule has 1 aliphatic rings. The highest BCUT2D eigenvalue weighted by Crippen LogP contribution is 2.26. The van der Waals surface area contributed by atoms with Gasteiger partial charge in [0.1, 0.15) is 5.75 Å². The van der Waals surface area contributed by atoms with Crippen molar-refractivity contribution in [3.05, 3.63) is 23.8 Å². The third-order valence-corrected chi connectivity index (χ3v) is 4.80. The van der Waals surface area contributed by atoms with Crippen molar-refractivity contribution in [3.63, 3.8) is 0 Å². The third-order valence-electron chi connectivity index (χ3n) is 2.96. The largest absolute Gasteiger partial charge is 0.508 e. The molecule has 5 heteroatoms. The van der Waals surface area contributed by atoms with Gasteiger partial charge in [-0.1, -0.05) is 6.07 Å². The van der Waals surface area contributed by atoms with E-state index in [0.29, 0.717) is 18.5 Å². The SMILES string of the molecule is Nc1cc(O)ccc1CC1CCS(=O)(=O)C1. The van der Waals surface area contributed by atoms with Gasteiger partial charge in [-0.15, -0.1) is 0 Å². The van der Waals surface area contributed by atoms with Gasteiger partial charge in [-0.3, -0.25) is 0 Å². The number of phenols is 1. The number of hydrogen-bond donors (Lipinski definition) is 2. The first-order chi connectivity index (χ1) is 7.46. The molecule has 88 valence electrons. The predicted molar refractivity (Wildman–Crippen MR) is 63.0 cm³/mol. The van der Waals surface area contributed by atoms with Crippen LogP contribution in [0.25, 0.3) is 0 Å². The molecule has 1 saturated heterocycles. The zero-order chi connectivity index (χ0) is 11.8. The Morgan fingerprint density at radius 3 is 2.75 bits per heavy atom. The second-order valence-corrected chi connectivity index (χ2v) is 6.59. The minimum Gasteiger partial charge on any atom is -0.508 e. The molecule has 2 rings (SSSR count). The maximum atomic E-state index is 11.3. The molecule has 0 bridgehead atoms. The van der Waals surface area contributed by atoms with Crippen LogP contribution in [0.3, 0.4) is 0 Å². The van der Waals surface area contributed by atoms with E-state index in [1.165, 1.54) is 6.07 Å². The van der Waals surface area contributed by atoms with Crippen molar-refractivity contribution in [2.45, 2.75) is 12.8 Å². The highest BCUT2D eigenvalue weighted by molar-refractivity contribution is 7.91. The normalized spacial score (nSPS) is 23.4. The van der Waals surface area contributed by atoms with Crippen molar-refractivity contribution in [1.82, 2.24) is 0 Å². The van der Waals surface area contributed by atoms with E-state index in [1.807, 2.05) is 0 Å². The molecule has 0 saturated carbocycles. The smallest absolute Gasteiger partial charge is 0.150 e. The number of rotatable bonds is 2. The molecular weight excluding hydrogens is 226 g/mol. The standard InChI is InChI=1S/C11H15NO3S/c12-11-6-10(13)2-1-9(11)5-8-3-4-16(14,15)7-8/h1-2,6,8,13H,3-5,7,12H2. The summed E-state index contributed by atoms with van der Waals surface area (Å²) in [6.07, 6.45) is 1.38. The molecule has 1 unspecified atom stereocenters. The minimum absolute atomic E-state index is 0.139. The fourth-order valence-corrected chi connectivity index (χ4v) is 3.97. The Bertz CT molecular complexity index is 496. The average molecular weight is 241 g/mol. The molecule has 0 spiro atoms. The van der Waals surface area contributed by atoms with Crippen LogP contribution in [0.15, 0.2) is 18.2 Å². The van der Waals surface area contributed by atoms with E-state index in [2.05, 4.69) is 0 Å². The van der Waals surface area contributed by atoms with Gasteiger partial charge in [-0.2, -0.15) is 0 Å². The van der Waals surface area contributed by atoms with Crippen molar-refractivity contribution in [3.8, 4) is 5.75 Å². The van der Waals surface area contributed by atoms with Gasteiger partial charge >= 0.3 is 0 Å². The van der Waals surface area contributed by atoms with Crippen LogP contribution in [0.4, 0.5) is 5.69 Å². The van der Waals surface area contributed by atoms with Crippen molar-refractivity contribution in [2.75, 3.05) is 17.2 Å². The quantitative estimate of drug-likeness (QED) is 0.755. The molecule has 1 atom stereocenters. The number of aromatic hydroxyl groups is 1. The molecule has 1 aromatic rings. The van der Waals surface area contributed by atoms with Crippen LogP contribution in [-0.4, -0.2) is 25.0 Å². The van der Waals surface area contributed by atoms with Crippen LogP contribution in [0.1, 0.15) is 12.0 Å².